The van der Waals surface area contributed by atoms with Crippen LogP contribution in [0.2, 0.25) is 0 Å². The second-order valence-electron chi connectivity index (χ2n) is 5.26. The average Bonchev–Trinajstić information content (AvgIpc) is 2.85. The normalized spacial score (nSPS) is 16.1. The molecule has 3 rings (SSSR count). The molecule has 1 aliphatic carbocycles. The first-order valence-electron chi connectivity index (χ1n) is 7.00. The third kappa shape index (κ3) is 2.58. The minimum Gasteiger partial charge on any atom is -0.307 e. The number of nitrogens with one attached hydrogen (secondary N) is 1. The molecule has 0 spiro atoms. The van der Waals surface area contributed by atoms with Crippen molar-refractivity contribution in [3.05, 3.63) is 51.0 Å². The molecular weight excluding hydrogens is 252 g/mol. The third-order valence-electron chi connectivity index (χ3n) is 3.81. The second-order valence-corrected chi connectivity index (χ2v) is 6.38. The van der Waals surface area contributed by atoms with Crippen molar-refractivity contribution in [2.75, 3.05) is 7.05 Å². The molecule has 0 saturated heterocycles. The molecule has 1 N–H and O–H groups in total. The lowest BCUT2D eigenvalue weighted by Crippen LogP contribution is -2.17. The van der Waals surface area contributed by atoms with E-state index in [1.54, 1.807) is 0 Å². The van der Waals surface area contributed by atoms with Crippen molar-refractivity contribution in [3.63, 3.8) is 0 Å². The van der Waals surface area contributed by atoms with E-state index in [1.807, 2.05) is 18.4 Å². The van der Waals surface area contributed by atoms with Crippen molar-refractivity contribution < 1.29 is 0 Å². The van der Waals surface area contributed by atoms with Crippen LogP contribution in [0.15, 0.2) is 24.3 Å². The van der Waals surface area contributed by atoms with E-state index in [2.05, 4.69) is 36.5 Å². The average molecular weight is 272 g/mol. The van der Waals surface area contributed by atoms with E-state index >= 15 is 0 Å². The van der Waals surface area contributed by atoms with Gasteiger partial charge in [-0.3, -0.25) is 0 Å². The predicted molar refractivity (Wildman–Crippen MR) is 80.8 cm³/mol. The van der Waals surface area contributed by atoms with Gasteiger partial charge in [-0.15, -0.1) is 11.3 Å². The van der Waals surface area contributed by atoms with Crippen LogP contribution in [0.1, 0.15) is 45.6 Å². The highest BCUT2D eigenvalue weighted by Crippen LogP contribution is 2.32. The smallest absolute Gasteiger partial charge is 0.115 e. The van der Waals surface area contributed by atoms with Gasteiger partial charge in [0.05, 0.1) is 11.7 Å². The monoisotopic (exact) mass is 272 g/mol. The molecule has 2 aromatic rings. The zero-order valence-electron chi connectivity index (χ0n) is 11.6. The Hall–Kier alpha value is -1.19. The summed E-state index contributed by atoms with van der Waals surface area (Å²) in [4.78, 5) is 6.38. The number of thiazole rings is 1. The highest BCUT2D eigenvalue weighted by atomic mass is 32.1. The summed E-state index contributed by atoms with van der Waals surface area (Å²) in [5.74, 6) is 0. The first-order chi connectivity index (χ1) is 9.28. The van der Waals surface area contributed by atoms with Crippen LogP contribution < -0.4 is 5.32 Å². The van der Waals surface area contributed by atoms with Gasteiger partial charge in [0.2, 0.25) is 0 Å². The first-order valence-corrected chi connectivity index (χ1v) is 7.82. The van der Waals surface area contributed by atoms with Gasteiger partial charge in [0, 0.05) is 4.88 Å². The van der Waals surface area contributed by atoms with Crippen LogP contribution in [-0.2, 0) is 12.8 Å². The quantitative estimate of drug-likeness (QED) is 0.922. The molecule has 1 atom stereocenters. The summed E-state index contributed by atoms with van der Waals surface area (Å²) in [5, 5.41) is 4.63. The maximum atomic E-state index is 4.88. The lowest BCUT2D eigenvalue weighted by Gasteiger charge is -2.14. The van der Waals surface area contributed by atoms with Gasteiger partial charge in [0.1, 0.15) is 5.01 Å². The molecule has 0 radical (unpaired) electrons. The Morgan fingerprint density at radius 2 is 1.89 bits per heavy atom. The van der Waals surface area contributed by atoms with Crippen molar-refractivity contribution in [1.82, 2.24) is 10.3 Å². The second kappa shape index (κ2) is 5.43. The van der Waals surface area contributed by atoms with E-state index in [4.69, 9.17) is 4.98 Å². The van der Waals surface area contributed by atoms with Crippen LogP contribution in [0.25, 0.3) is 0 Å². The number of aromatic nitrogens is 1. The summed E-state index contributed by atoms with van der Waals surface area (Å²) >= 11 is 1.89. The molecule has 1 aromatic carbocycles. The summed E-state index contributed by atoms with van der Waals surface area (Å²) in [7, 11) is 2.02. The number of fused-ring (bicyclic) bond motifs is 1. The van der Waals surface area contributed by atoms with E-state index in [9.17, 15) is 0 Å². The Balaban J connectivity index is 1.93. The van der Waals surface area contributed by atoms with E-state index < -0.39 is 0 Å². The minimum absolute atomic E-state index is 0.233. The molecule has 0 bridgehead atoms. The van der Waals surface area contributed by atoms with Gasteiger partial charge < -0.3 is 5.32 Å². The van der Waals surface area contributed by atoms with Gasteiger partial charge in [-0.05, 0) is 45.2 Å². The standard InChI is InChI=1S/C16H20N2S/c1-11-7-9-12(10-8-11)15(17-2)16-18-13-5-3-4-6-14(13)19-16/h7-10,15,17H,3-6H2,1-2H3. The lowest BCUT2D eigenvalue weighted by atomic mass is 10.0. The van der Waals surface area contributed by atoms with Gasteiger partial charge in [-0.1, -0.05) is 29.8 Å². The molecule has 19 heavy (non-hydrogen) atoms. The molecular formula is C16H20N2S. The van der Waals surface area contributed by atoms with E-state index in [1.165, 1.54) is 46.0 Å². The van der Waals surface area contributed by atoms with Gasteiger partial charge in [0.25, 0.3) is 0 Å². The Labute approximate surface area is 118 Å². The fraction of sp³-hybridized carbons (Fsp3) is 0.438. The van der Waals surface area contributed by atoms with Crippen LogP contribution in [0.4, 0.5) is 0 Å². The van der Waals surface area contributed by atoms with Crippen LogP contribution in [0, 0.1) is 6.92 Å². The number of aryl methyl sites for hydroxylation is 3. The molecule has 0 amide bonds. The summed E-state index contributed by atoms with van der Waals surface area (Å²) in [6.07, 6.45) is 5.00. The SMILES string of the molecule is CNC(c1ccc(C)cc1)c1nc2c(s1)CCCC2. The number of hydrogen-bond donors (Lipinski definition) is 1. The molecule has 0 aliphatic heterocycles. The molecule has 1 heterocycles. The highest BCUT2D eigenvalue weighted by Gasteiger charge is 2.21. The van der Waals surface area contributed by atoms with Crippen LogP contribution in [0.3, 0.4) is 0 Å². The summed E-state index contributed by atoms with van der Waals surface area (Å²) in [6.45, 7) is 2.13. The van der Waals surface area contributed by atoms with E-state index in [0.717, 1.165) is 6.42 Å². The molecule has 100 valence electrons. The van der Waals surface area contributed by atoms with Crippen molar-refractivity contribution in [2.45, 2.75) is 38.6 Å². The summed E-state index contributed by atoms with van der Waals surface area (Å²) < 4.78 is 0. The van der Waals surface area contributed by atoms with Crippen LogP contribution in [-0.4, -0.2) is 12.0 Å². The number of nitrogens with zero attached hydrogens (tertiary/aromatic N) is 1. The zero-order valence-corrected chi connectivity index (χ0v) is 12.4. The van der Waals surface area contributed by atoms with Crippen molar-refractivity contribution >= 4 is 11.3 Å². The first kappa shape index (κ1) is 12.8. The predicted octanol–water partition coefficient (Wildman–Crippen LogP) is 3.64. The number of benzene rings is 1. The van der Waals surface area contributed by atoms with Crippen LogP contribution >= 0.6 is 11.3 Å². The molecule has 0 fully saturated rings. The van der Waals surface area contributed by atoms with Crippen molar-refractivity contribution in [2.24, 2.45) is 0 Å². The van der Waals surface area contributed by atoms with Gasteiger partial charge in [-0.2, -0.15) is 0 Å². The molecule has 2 nitrogen and oxygen atoms in total. The minimum atomic E-state index is 0.233. The van der Waals surface area contributed by atoms with Crippen molar-refractivity contribution in [3.8, 4) is 0 Å². The zero-order chi connectivity index (χ0) is 13.2. The number of hydrogen-bond acceptors (Lipinski definition) is 3. The molecule has 0 saturated carbocycles. The fourth-order valence-corrected chi connectivity index (χ4v) is 3.98. The molecule has 3 heteroatoms. The Bertz CT molecular complexity index is 533. The number of rotatable bonds is 3. The summed E-state index contributed by atoms with van der Waals surface area (Å²) in [6, 6.07) is 8.99. The Morgan fingerprint density at radius 3 is 2.58 bits per heavy atom. The van der Waals surface area contributed by atoms with E-state index in [0.29, 0.717) is 0 Å². The van der Waals surface area contributed by atoms with Crippen LogP contribution in [0.5, 0.6) is 0 Å². The largest absolute Gasteiger partial charge is 0.307 e. The summed E-state index contributed by atoms with van der Waals surface area (Å²) in [5.41, 5.74) is 3.95. The molecule has 1 aromatic heterocycles. The van der Waals surface area contributed by atoms with Crippen molar-refractivity contribution in [1.29, 1.82) is 0 Å². The van der Waals surface area contributed by atoms with Gasteiger partial charge >= 0.3 is 0 Å². The maximum absolute atomic E-state index is 4.88. The third-order valence-corrected chi connectivity index (χ3v) is 5.03. The Morgan fingerprint density at radius 1 is 1.16 bits per heavy atom. The topological polar surface area (TPSA) is 24.9 Å². The molecule has 1 unspecified atom stereocenters. The highest BCUT2D eigenvalue weighted by molar-refractivity contribution is 7.11. The fourth-order valence-electron chi connectivity index (χ4n) is 2.69. The van der Waals surface area contributed by atoms with Gasteiger partial charge in [-0.25, -0.2) is 4.98 Å². The van der Waals surface area contributed by atoms with E-state index in [-0.39, 0.29) is 6.04 Å². The Kier molecular flexibility index (Phi) is 3.67. The molecule has 1 aliphatic rings. The maximum Gasteiger partial charge on any atom is 0.115 e. The van der Waals surface area contributed by atoms with Gasteiger partial charge in [0.15, 0.2) is 0 Å². The lowest BCUT2D eigenvalue weighted by molar-refractivity contribution is 0.661.